The predicted molar refractivity (Wildman–Crippen MR) is 80.7 cm³/mol. The number of ether oxygens (including phenoxy) is 1. The van der Waals surface area contributed by atoms with Crippen molar-refractivity contribution in [3.8, 4) is 0 Å². The molecular formula is C16H26N2O. The molecule has 1 atom stereocenters. The first-order valence-electron chi connectivity index (χ1n) is 7.22. The molecule has 1 saturated heterocycles. The summed E-state index contributed by atoms with van der Waals surface area (Å²) in [7, 11) is 0. The minimum atomic E-state index is -0.0693. The molecule has 0 aromatic heterocycles. The van der Waals surface area contributed by atoms with E-state index in [4.69, 9.17) is 4.74 Å². The van der Waals surface area contributed by atoms with Crippen LogP contribution in [0.4, 0.5) is 5.69 Å². The Bertz CT molecular complexity index is 400. The van der Waals surface area contributed by atoms with Gasteiger partial charge in [0, 0.05) is 25.3 Å². The molecule has 0 amide bonds. The van der Waals surface area contributed by atoms with Gasteiger partial charge in [0.1, 0.15) is 0 Å². The average molecular weight is 262 g/mol. The summed E-state index contributed by atoms with van der Waals surface area (Å²) >= 11 is 0. The smallest absolute Gasteiger partial charge is 0.0805 e. The molecule has 2 rings (SSSR count). The molecule has 1 fully saturated rings. The van der Waals surface area contributed by atoms with E-state index in [2.05, 4.69) is 62.2 Å². The third kappa shape index (κ3) is 3.95. The zero-order chi connectivity index (χ0) is 13.9. The van der Waals surface area contributed by atoms with Crippen molar-refractivity contribution in [2.45, 2.75) is 45.9 Å². The maximum atomic E-state index is 5.95. The first-order chi connectivity index (χ1) is 9.00. The molecule has 106 valence electrons. The second kappa shape index (κ2) is 5.93. The minimum Gasteiger partial charge on any atom is -0.369 e. The molecule has 1 N–H and O–H groups in total. The summed E-state index contributed by atoms with van der Waals surface area (Å²) < 4.78 is 5.95. The monoisotopic (exact) mass is 262 g/mol. The summed E-state index contributed by atoms with van der Waals surface area (Å²) in [5, 5.41) is 3.35. The number of hydrogen-bond donors (Lipinski definition) is 1. The standard InChI is InChI=1S/C16H26N2O/c1-5-17-10-14-6-8-15(9-7-14)18-11-13(2)19-16(3,4)12-18/h6-9,13,17H,5,10-12H2,1-4H3. The van der Waals surface area contributed by atoms with Crippen LogP contribution in [0.25, 0.3) is 0 Å². The van der Waals surface area contributed by atoms with Crippen LogP contribution in [0, 0.1) is 0 Å². The third-order valence-corrected chi connectivity index (χ3v) is 3.45. The Morgan fingerprint density at radius 2 is 2.00 bits per heavy atom. The molecule has 1 aromatic rings. The van der Waals surface area contributed by atoms with Crippen LogP contribution in [0.3, 0.4) is 0 Å². The number of hydrogen-bond acceptors (Lipinski definition) is 3. The van der Waals surface area contributed by atoms with Gasteiger partial charge in [-0.25, -0.2) is 0 Å². The number of benzene rings is 1. The van der Waals surface area contributed by atoms with Crippen molar-refractivity contribution in [3.05, 3.63) is 29.8 Å². The molecule has 0 bridgehead atoms. The summed E-state index contributed by atoms with van der Waals surface area (Å²) in [5.41, 5.74) is 2.56. The van der Waals surface area contributed by atoms with Crippen molar-refractivity contribution in [3.63, 3.8) is 0 Å². The molecule has 0 radical (unpaired) electrons. The van der Waals surface area contributed by atoms with Gasteiger partial charge >= 0.3 is 0 Å². The summed E-state index contributed by atoms with van der Waals surface area (Å²) in [4.78, 5) is 2.42. The molecular weight excluding hydrogens is 236 g/mol. The normalized spacial score (nSPS) is 22.5. The van der Waals surface area contributed by atoms with Gasteiger partial charge in [-0.05, 0) is 45.0 Å². The Morgan fingerprint density at radius 3 is 2.58 bits per heavy atom. The molecule has 1 aromatic carbocycles. The summed E-state index contributed by atoms with van der Waals surface area (Å²) in [5.74, 6) is 0. The van der Waals surface area contributed by atoms with Crippen molar-refractivity contribution in [1.29, 1.82) is 0 Å². The van der Waals surface area contributed by atoms with Gasteiger partial charge in [0.05, 0.1) is 11.7 Å². The Labute approximate surface area is 116 Å². The largest absolute Gasteiger partial charge is 0.369 e. The van der Waals surface area contributed by atoms with Crippen molar-refractivity contribution < 1.29 is 4.74 Å². The van der Waals surface area contributed by atoms with Gasteiger partial charge in [-0.3, -0.25) is 0 Å². The van der Waals surface area contributed by atoms with E-state index < -0.39 is 0 Å². The lowest BCUT2D eigenvalue weighted by atomic mass is 10.0. The van der Waals surface area contributed by atoms with E-state index in [0.717, 1.165) is 26.2 Å². The zero-order valence-corrected chi connectivity index (χ0v) is 12.6. The fourth-order valence-electron chi connectivity index (χ4n) is 2.74. The van der Waals surface area contributed by atoms with E-state index in [-0.39, 0.29) is 11.7 Å². The molecule has 19 heavy (non-hydrogen) atoms. The third-order valence-electron chi connectivity index (χ3n) is 3.45. The highest BCUT2D eigenvalue weighted by Crippen LogP contribution is 2.26. The van der Waals surface area contributed by atoms with Crippen LogP contribution in [0.1, 0.15) is 33.3 Å². The van der Waals surface area contributed by atoms with Gasteiger partial charge in [0.15, 0.2) is 0 Å². The van der Waals surface area contributed by atoms with E-state index in [1.807, 2.05) is 0 Å². The molecule has 0 aliphatic carbocycles. The lowest BCUT2D eigenvalue weighted by Crippen LogP contribution is -2.52. The molecule has 1 aliphatic heterocycles. The number of anilines is 1. The van der Waals surface area contributed by atoms with Gasteiger partial charge in [-0.2, -0.15) is 0 Å². The van der Waals surface area contributed by atoms with Gasteiger partial charge in [-0.1, -0.05) is 19.1 Å². The molecule has 3 heteroatoms. The van der Waals surface area contributed by atoms with Crippen LogP contribution in [0.5, 0.6) is 0 Å². The predicted octanol–water partition coefficient (Wildman–Crippen LogP) is 2.80. The fourth-order valence-corrected chi connectivity index (χ4v) is 2.74. The van der Waals surface area contributed by atoms with Crippen molar-refractivity contribution in [1.82, 2.24) is 5.32 Å². The first kappa shape index (κ1) is 14.4. The maximum Gasteiger partial charge on any atom is 0.0805 e. The van der Waals surface area contributed by atoms with Crippen molar-refractivity contribution in [2.75, 3.05) is 24.5 Å². The molecule has 1 aliphatic rings. The number of nitrogens with one attached hydrogen (secondary N) is 1. The van der Waals surface area contributed by atoms with Crippen molar-refractivity contribution >= 4 is 5.69 Å². The van der Waals surface area contributed by atoms with Crippen LogP contribution in [-0.4, -0.2) is 31.3 Å². The van der Waals surface area contributed by atoms with E-state index in [1.54, 1.807) is 0 Å². The van der Waals surface area contributed by atoms with Gasteiger partial charge < -0.3 is 15.0 Å². The number of morpholine rings is 1. The SMILES string of the molecule is CCNCc1ccc(N2CC(C)OC(C)(C)C2)cc1. The number of rotatable bonds is 4. The Kier molecular flexibility index (Phi) is 4.48. The van der Waals surface area contributed by atoms with Crippen LogP contribution in [0.2, 0.25) is 0 Å². The summed E-state index contributed by atoms with van der Waals surface area (Å²) in [6.07, 6.45) is 0.283. The Hall–Kier alpha value is -1.06. The van der Waals surface area contributed by atoms with Crippen LogP contribution < -0.4 is 10.2 Å². The highest BCUT2D eigenvalue weighted by molar-refractivity contribution is 5.48. The van der Waals surface area contributed by atoms with E-state index in [9.17, 15) is 0 Å². The second-order valence-electron chi connectivity index (χ2n) is 6.02. The molecule has 0 saturated carbocycles. The van der Waals surface area contributed by atoms with Gasteiger partial charge in [-0.15, -0.1) is 0 Å². The molecule has 1 heterocycles. The zero-order valence-electron chi connectivity index (χ0n) is 12.6. The van der Waals surface area contributed by atoms with Gasteiger partial charge in [0.2, 0.25) is 0 Å². The van der Waals surface area contributed by atoms with Gasteiger partial charge in [0.25, 0.3) is 0 Å². The fraction of sp³-hybridized carbons (Fsp3) is 0.625. The minimum absolute atomic E-state index is 0.0693. The average Bonchev–Trinajstić information content (AvgIpc) is 2.34. The highest BCUT2D eigenvalue weighted by Gasteiger charge is 2.31. The first-order valence-corrected chi connectivity index (χ1v) is 7.22. The van der Waals surface area contributed by atoms with Crippen LogP contribution >= 0.6 is 0 Å². The maximum absolute atomic E-state index is 5.95. The van der Waals surface area contributed by atoms with Crippen molar-refractivity contribution in [2.24, 2.45) is 0 Å². The number of nitrogens with zero attached hydrogens (tertiary/aromatic N) is 1. The second-order valence-corrected chi connectivity index (χ2v) is 6.02. The topological polar surface area (TPSA) is 24.5 Å². The molecule has 0 spiro atoms. The molecule has 3 nitrogen and oxygen atoms in total. The lowest BCUT2D eigenvalue weighted by molar-refractivity contribution is -0.0749. The van der Waals surface area contributed by atoms with Crippen LogP contribution in [-0.2, 0) is 11.3 Å². The lowest BCUT2D eigenvalue weighted by Gasteiger charge is -2.43. The summed E-state index contributed by atoms with van der Waals surface area (Å²) in [6.45, 7) is 12.5. The quantitative estimate of drug-likeness (QED) is 0.903. The Morgan fingerprint density at radius 1 is 1.32 bits per heavy atom. The van der Waals surface area contributed by atoms with Crippen LogP contribution in [0.15, 0.2) is 24.3 Å². The van der Waals surface area contributed by atoms with E-state index in [0.29, 0.717) is 0 Å². The van der Waals surface area contributed by atoms with E-state index in [1.165, 1.54) is 11.3 Å². The Balaban J connectivity index is 2.05. The molecule has 1 unspecified atom stereocenters. The highest BCUT2D eigenvalue weighted by atomic mass is 16.5. The summed E-state index contributed by atoms with van der Waals surface area (Å²) in [6, 6.07) is 8.87. The van der Waals surface area contributed by atoms with E-state index >= 15 is 0 Å².